The molecule has 0 saturated carbocycles. The SMILES string of the molecule is Cc1cccc(Nc2ncc3c(n2)C[C@H](c2ccc(F)cc2)CC3=O)c1. The van der Waals surface area contributed by atoms with E-state index in [-0.39, 0.29) is 17.5 Å². The summed E-state index contributed by atoms with van der Waals surface area (Å²) < 4.78 is 13.2. The molecular formula is C21H18FN3O. The van der Waals surface area contributed by atoms with Crippen LogP contribution in [0.25, 0.3) is 0 Å². The fourth-order valence-electron chi connectivity index (χ4n) is 3.33. The first-order valence-corrected chi connectivity index (χ1v) is 8.57. The zero-order chi connectivity index (χ0) is 18.1. The van der Waals surface area contributed by atoms with Crippen molar-refractivity contribution < 1.29 is 9.18 Å². The number of anilines is 2. The van der Waals surface area contributed by atoms with Crippen LogP contribution < -0.4 is 5.32 Å². The van der Waals surface area contributed by atoms with Crippen LogP contribution in [0.15, 0.2) is 54.7 Å². The molecule has 1 aromatic heterocycles. The van der Waals surface area contributed by atoms with Gasteiger partial charge in [0.05, 0.1) is 11.3 Å². The third-order valence-electron chi connectivity index (χ3n) is 4.66. The molecule has 0 saturated heterocycles. The zero-order valence-corrected chi connectivity index (χ0v) is 14.4. The number of nitrogens with one attached hydrogen (secondary N) is 1. The molecule has 1 aliphatic rings. The molecule has 1 aliphatic carbocycles. The molecule has 0 aliphatic heterocycles. The fraction of sp³-hybridized carbons (Fsp3) is 0.190. The van der Waals surface area contributed by atoms with Crippen molar-refractivity contribution in [1.82, 2.24) is 9.97 Å². The van der Waals surface area contributed by atoms with E-state index in [0.717, 1.165) is 22.5 Å². The van der Waals surface area contributed by atoms with Crippen LogP contribution in [0, 0.1) is 12.7 Å². The molecule has 26 heavy (non-hydrogen) atoms. The Bertz CT molecular complexity index is 969. The maximum absolute atomic E-state index is 13.2. The number of carbonyl (C=O) groups excluding carboxylic acids is 1. The molecule has 0 radical (unpaired) electrons. The molecule has 0 unspecified atom stereocenters. The predicted molar refractivity (Wildman–Crippen MR) is 98.3 cm³/mol. The molecule has 1 heterocycles. The molecule has 4 rings (SSSR count). The number of rotatable bonds is 3. The molecule has 2 aromatic carbocycles. The summed E-state index contributed by atoms with van der Waals surface area (Å²) in [5.41, 5.74) is 4.32. The molecule has 5 heteroatoms. The van der Waals surface area contributed by atoms with E-state index >= 15 is 0 Å². The minimum absolute atomic E-state index is 0.0114. The van der Waals surface area contributed by atoms with Gasteiger partial charge < -0.3 is 5.32 Å². The predicted octanol–water partition coefficient (Wildman–Crippen LogP) is 4.58. The molecule has 0 fully saturated rings. The highest BCUT2D eigenvalue weighted by molar-refractivity contribution is 5.98. The summed E-state index contributed by atoms with van der Waals surface area (Å²) in [5, 5.41) is 3.19. The highest BCUT2D eigenvalue weighted by atomic mass is 19.1. The summed E-state index contributed by atoms with van der Waals surface area (Å²) in [6.07, 6.45) is 2.63. The molecule has 1 N–H and O–H groups in total. The van der Waals surface area contributed by atoms with Gasteiger partial charge in [0.1, 0.15) is 5.82 Å². The van der Waals surface area contributed by atoms with Crippen LogP contribution in [0.2, 0.25) is 0 Å². The summed E-state index contributed by atoms with van der Waals surface area (Å²) >= 11 is 0. The van der Waals surface area contributed by atoms with Gasteiger partial charge in [-0.3, -0.25) is 4.79 Å². The number of halogens is 1. The Morgan fingerprint density at radius 2 is 1.92 bits per heavy atom. The molecule has 0 bridgehead atoms. The maximum Gasteiger partial charge on any atom is 0.227 e. The van der Waals surface area contributed by atoms with Gasteiger partial charge in [-0.25, -0.2) is 14.4 Å². The highest BCUT2D eigenvalue weighted by Gasteiger charge is 2.28. The van der Waals surface area contributed by atoms with E-state index < -0.39 is 0 Å². The van der Waals surface area contributed by atoms with E-state index in [1.54, 1.807) is 18.3 Å². The van der Waals surface area contributed by atoms with E-state index in [4.69, 9.17) is 0 Å². The van der Waals surface area contributed by atoms with Gasteiger partial charge in [-0.15, -0.1) is 0 Å². The van der Waals surface area contributed by atoms with Gasteiger partial charge in [0.15, 0.2) is 5.78 Å². The Morgan fingerprint density at radius 3 is 2.69 bits per heavy atom. The first kappa shape index (κ1) is 16.4. The first-order chi connectivity index (χ1) is 12.6. The van der Waals surface area contributed by atoms with Gasteiger partial charge in [0.2, 0.25) is 5.95 Å². The van der Waals surface area contributed by atoms with E-state index in [1.165, 1.54) is 12.1 Å². The zero-order valence-electron chi connectivity index (χ0n) is 14.4. The fourth-order valence-corrected chi connectivity index (χ4v) is 3.33. The number of hydrogen-bond acceptors (Lipinski definition) is 4. The molecule has 4 nitrogen and oxygen atoms in total. The van der Waals surface area contributed by atoms with Crippen LogP contribution in [0.1, 0.15) is 39.5 Å². The minimum atomic E-state index is -0.275. The van der Waals surface area contributed by atoms with Crippen molar-refractivity contribution in [2.75, 3.05) is 5.32 Å². The lowest BCUT2D eigenvalue weighted by atomic mass is 9.82. The van der Waals surface area contributed by atoms with Crippen molar-refractivity contribution in [3.63, 3.8) is 0 Å². The number of fused-ring (bicyclic) bond motifs is 1. The average Bonchev–Trinajstić information content (AvgIpc) is 2.62. The smallest absolute Gasteiger partial charge is 0.227 e. The van der Waals surface area contributed by atoms with Crippen LogP contribution in [0.3, 0.4) is 0 Å². The van der Waals surface area contributed by atoms with Gasteiger partial charge >= 0.3 is 0 Å². The number of benzene rings is 2. The number of hydrogen-bond donors (Lipinski definition) is 1. The van der Waals surface area contributed by atoms with Gasteiger partial charge in [-0.2, -0.15) is 0 Å². The van der Waals surface area contributed by atoms with E-state index in [1.807, 2.05) is 31.2 Å². The second kappa shape index (κ2) is 6.67. The van der Waals surface area contributed by atoms with Crippen molar-refractivity contribution in [1.29, 1.82) is 0 Å². The quantitative estimate of drug-likeness (QED) is 0.753. The number of ketones is 1. The normalized spacial score (nSPS) is 16.2. The Hall–Kier alpha value is -3.08. The van der Waals surface area contributed by atoms with E-state index in [2.05, 4.69) is 15.3 Å². The standard InChI is InChI=1S/C21H18FN3O/c1-13-3-2-4-17(9-13)24-21-23-12-18-19(25-21)10-15(11-20(18)26)14-5-7-16(22)8-6-14/h2-9,12,15H,10-11H2,1H3,(H,23,24,25)/t15-/m0/s1. The molecule has 0 amide bonds. The molecule has 3 aromatic rings. The molecular weight excluding hydrogens is 329 g/mol. The lowest BCUT2D eigenvalue weighted by Gasteiger charge is -2.23. The van der Waals surface area contributed by atoms with Crippen LogP contribution in [0.4, 0.5) is 16.0 Å². The minimum Gasteiger partial charge on any atom is -0.324 e. The Kier molecular flexibility index (Phi) is 4.21. The summed E-state index contributed by atoms with van der Waals surface area (Å²) in [6, 6.07) is 14.3. The number of carbonyl (C=O) groups is 1. The van der Waals surface area contributed by atoms with Gasteiger partial charge in [-0.05, 0) is 54.7 Å². The van der Waals surface area contributed by atoms with Gasteiger partial charge in [0.25, 0.3) is 0 Å². The summed E-state index contributed by atoms with van der Waals surface area (Å²) in [6.45, 7) is 2.02. The van der Waals surface area contributed by atoms with Crippen molar-refractivity contribution in [2.24, 2.45) is 0 Å². The monoisotopic (exact) mass is 347 g/mol. The van der Waals surface area contributed by atoms with Gasteiger partial charge in [0, 0.05) is 18.3 Å². The lowest BCUT2D eigenvalue weighted by molar-refractivity contribution is 0.0962. The van der Waals surface area contributed by atoms with Gasteiger partial charge in [-0.1, -0.05) is 24.3 Å². The summed E-state index contributed by atoms with van der Waals surface area (Å²) in [5.74, 6) is 0.241. The summed E-state index contributed by atoms with van der Waals surface area (Å²) in [7, 11) is 0. The number of nitrogens with zero attached hydrogens (tertiary/aromatic N) is 2. The summed E-state index contributed by atoms with van der Waals surface area (Å²) in [4.78, 5) is 21.3. The van der Waals surface area contributed by atoms with Crippen LogP contribution >= 0.6 is 0 Å². The van der Waals surface area contributed by atoms with Crippen LogP contribution in [0.5, 0.6) is 0 Å². The average molecular weight is 347 g/mol. The Balaban J connectivity index is 1.61. The molecule has 130 valence electrons. The highest BCUT2D eigenvalue weighted by Crippen LogP contribution is 2.32. The lowest BCUT2D eigenvalue weighted by Crippen LogP contribution is -2.21. The second-order valence-electron chi connectivity index (χ2n) is 6.63. The maximum atomic E-state index is 13.2. The third-order valence-corrected chi connectivity index (χ3v) is 4.66. The van der Waals surface area contributed by atoms with Crippen molar-refractivity contribution >= 4 is 17.4 Å². The second-order valence-corrected chi connectivity index (χ2v) is 6.63. The third kappa shape index (κ3) is 3.33. The van der Waals surface area contributed by atoms with E-state index in [9.17, 15) is 9.18 Å². The van der Waals surface area contributed by atoms with E-state index in [0.29, 0.717) is 24.4 Å². The Morgan fingerprint density at radius 1 is 1.12 bits per heavy atom. The van der Waals surface area contributed by atoms with Crippen molar-refractivity contribution in [2.45, 2.75) is 25.7 Å². The largest absolute Gasteiger partial charge is 0.324 e. The number of Topliss-reactive ketones (excluding diaryl/α,β-unsaturated/α-hetero) is 1. The first-order valence-electron chi connectivity index (χ1n) is 8.57. The molecule has 0 spiro atoms. The van der Waals surface area contributed by atoms with Crippen LogP contribution in [-0.2, 0) is 6.42 Å². The topological polar surface area (TPSA) is 54.9 Å². The van der Waals surface area contributed by atoms with Crippen molar-refractivity contribution in [3.8, 4) is 0 Å². The molecule has 1 atom stereocenters. The van der Waals surface area contributed by atoms with Crippen molar-refractivity contribution in [3.05, 3.63) is 82.9 Å². The number of aryl methyl sites for hydroxylation is 1. The number of aromatic nitrogens is 2. The van der Waals surface area contributed by atoms with Crippen LogP contribution in [-0.4, -0.2) is 15.8 Å². The Labute approximate surface area is 151 Å².